The standard InChI is InChI=1S/C26H24N4S/c1-18-11-12-22(16-19(18)2)30-25(24(28-26(30)31)23-10-6-7-14-27-23)20-13-15-29(17-20)21-8-4-3-5-9-21/h3-17,24-25H,1-2H3,(H,28,31)/t24-,25-/m0/s1. The van der Waals surface area contributed by atoms with Gasteiger partial charge in [-0.3, -0.25) is 4.98 Å². The Morgan fingerprint density at radius 1 is 0.871 bits per heavy atom. The van der Waals surface area contributed by atoms with E-state index in [-0.39, 0.29) is 12.1 Å². The van der Waals surface area contributed by atoms with Crippen molar-refractivity contribution in [1.29, 1.82) is 0 Å². The average molecular weight is 425 g/mol. The smallest absolute Gasteiger partial charge is 0.174 e. The largest absolute Gasteiger partial charge is 0.351 e. The van der Waals surface area contributed by atoms with E-state index in [4.69, 9.17) is 12.2 Å². The second kappa shape index (κ2) is 8.00. The number of aromatic nitrogens is 2. The summed E-state index contributed by atoms with van der Waals surface area (Å²) in [6.07, 6.45) is 6.14. The SMILES string of the molecule is Cc1ccc(N2C(=S)N[C@@H](c3ccccn3)[C@@H]2c2ccn(-c3ccccc3)c2)cc1C. The van der Waals surface area contributed by atoms with Crippen LogP contribution in [0.4, 0.5) is 5.69 Å². The molecule has 1 aliphatic rings. The van der Waals surface area contributed by atoms with Crippen molar-refractivity contribution < 1.29 is 0 Å². The maximum absolute atomic E-state index is 5.83. The molecule has 0 radical (unpaired) electrons. The van der Waals surface area contributed by atoms with Gasteiger partial charge in [0.1, 0.15) is 0 Å². The van der Waals surface area contributed by atoms with Crippen LogP contribution >= 0.6 is 12.2 Å². The fraction of sp³-hybridized carbons (Fsp3) is 0.154. The van der Waals surface area contributed by atoms with Gasteiger partial charge in [0, 0.05) is 30.0 Å². The molecular formula is C26H24N4S. The summed E-state index contributed by atoms with van der Waals surface area (Å²) >= 11 is 5.83. The number of rotatable bonds is 4. The minimum atomic E-state index is -0.0399. The van der Waals surface area contributed by atoms with Crippen LogP contribution in [-0.4, -0.2) is 14.7 Å². The number of thiocarbonyl (C=S) groups is 1. The van der Waals surface area contributed by atoms with Crippen molar-refractivity contribution in [2.45, 2.75) is 25.9 Å². The predicted molar refractivity (Wildman–Crippen MR) is 130 cm³/mol. The molecule has 5 rings (SSSR count). The Hall–Kier alpha value is -3.44. The maximum atomic E-state index is 5.83. The monoisotopic (exact) mass is 424 g/mol. The summed E-state index contributed by atoms with van der Waals surface area (Å²) in [5, 5.41) is 4.25. The second-order valence-corrected chi connectivity index (χ2v) is 8.34. The molecule has 5 heteroatoms. The van der Waals surface area contributed by atoms with Crippen LogP contribution in [-0.2, 0) is 0 Å². The van der Waals surface area contributed by atoms with E-state index in [1.54, 1.807) is 0 Å². The fourth-order valence-electron chi connectivity index (χ4n) is 4.20. The predicted octanol–water partition coefficient (Wildman–Crippen LogP) is 5.67. The van der Waals surface area contributed by atoms with Crippen molar-refractivity contribution in [2.75, 3.05) is 4.90 Å². The van der Waals surface area contributed by atoms with E-state index in [0.717, 1.165) is 22.2 Å². The zero-order valence-electron chi connectivity index (χ0n) is 17.6. The molecule has 1 aliphatic heterocycles. The molecule has 1 N–H and O–H groups in total. The molecule has 0 amide bonds. The molecule has 2 atom stereocenters. The molecule has 4 nitrogen and oxygen atoms in total. The van der Waals surface area contributed by atoms with Crippen LogP contribution in [0.3, 0.4) is 0 Å². The molecule has 0 saturated carbocycles. The summed E-state index contributed by atoms with van der Waals surface area (Å²) in [7, 11) is 0. The molecule has 4 aromatic rings. The second-order valence-electron chi connectivity index (χ2n) is 7.95. The minimum absolute atomic E-state index is 0.00512. The highest BCUT2D eigenvalue weighted by molar-refractivity contribution is 7.80. The number of pyridine rings is 1. The Morgan fingerprint density at radius 2 is 1.68 bits per heavy atom. The number of hydrogen-bond acceptors (Lipinski definition) is 2. The lowest BCUT2D eigenvalue weighted by Gasteiger charge is -2.27. The molecule has 3 heterocycles. The summed E-state index contributed by atoms with van der Waals surface area (Å²) in [5.74, 6) is 0. The summed E-state index contributed by atoms with van der Waals surface area (Å²) in [6, 6.07) is 25.1. The lowest BCUT2D eigenvalue weighted by atomic mass is 9.98. The third-order valence-electron chi connectivity index (χ3n) is 5.98. The summed E-state index contributed by atoms with van der Waals surface area (Å²) in [6.45, 7) is 4.27. The van der Waals surface area contributed by atoms with Crippen molar-refractivity contribution in [3.63, 3.8) is 0 Å². The van der Waals surface area contributed by atoms with Crippen molar-refractivity contribution in [2.24, 2.45) is 0 Å². The average Bonchev–Trinajstić information content (AvgIpc) is 3.41. The Kier molecular flexibility index (Phi) is 5.04. The van der Waals surface area contributed by atoms with E-state index in [0.29, 0.717) is 0 Å². The first-order chi connectivity index (χ1) is 15.1. The molecule has 0 spiro atoms. The number of nitrogens with one attached hydrogen (secondary N) is 1. The van der Waals surface area contributed by atoms with Gasteiger partial charge in [-0.05, 0) is 85.2 Å². The highest BCUT2D eigenvalue weighted by atomic mass is 32.1. The lowest BCUT2D eigenvalue weighted by Crippen LogP contribution is -2.29. The van der Waals surface area contributed by atoms with E-state index in [2.05, 4.69) is 101 Å². The number of benzene rings is 2. The van der Waals surface area contributed by atoms with Gasteiger partial charge in [0.15, 0.2) is 5.11 Å². The van der Waals surface area contributed by atoms with Gasteiger partial charge >= 0.3 is 0 Å². The van der Waals surface area contributed by atoms with Crippen molar-refractivity contribution in [1.82, 2.24) is 14.9 Å². The molecule has 0 unspecified atom stereocenters. The Morgan fingerprint density at radius 3 is 2.42 bits per heavy atom. The summed E-state index contributed by atoms with van der Waals surface area (Å²) < 4.78 is 2.16. The highest BCUT2D eigenvalue weighted by Crippen LogP contribution is 2.42. The summed E-state index contributed by atoms with van der Waals surface area (Å²) in [4.78, 5) is 6.87. The molecule has 31 heavy (non-hydrogen) atoms. The van der Waals surface area contributed by atoms with Gasteiger partial charge in [-0.25, -0.2) is 0 Å². The van der Waals surface area contributed by atoms with Gasteiger partial charge in [0.25, 0.3) is 0 Å². The van der Waals surface area contributed by atoms with Crippen LogP contribution in [0.5, 0.6) is 0 Å². The number of hydrogen-bond donors (Lipinski definition) is 1. The molecule has 2 aromatic heterocycles. The first-order valence-electron chi connectivity index (χ1n) is 10.4. The van der Waals surface area contributed by atoms with Gasteiger partial charge in [-0.1, -0.05) is 30.3 Å². The number of anilines is 1. The van der Waals surface area contributed by atoms with E-state index in [9.17, 15) is 0 Å². The van der Waals surface area contributed by atoms with E-state index in [1.165, 1.54) is 16.7 Å². The van der Waals surface area contributed by atoms with Crippen LogP contribution in [0, 0.1) is 13.8 Å². The van der Waals surface area contributed by atoms with Crippen LogP contribution in [0.15, 0.2) is 91.4 Å². The minimum Gasteiger partial charge on any atom is -0.351 e. The highest BCUT2D eigenvalue weighted by Gasteiger charge is 2.41. The van der Waals surface area contributed by atoms with E-state index >= 15 is 0 Å². The molecule has 0 aliphatic carbocycles. The maximum Gasteiger partial charge on any atom is 0.174 e. The van der Waals surface area contributed by atoms with E-state index < -0.39 is 0 Å². The van der Waals surface area contributed by atoms with Crippen molar-refractivity contribution >= 4 is 23.0 Å². The Bertz CT molecular complexity index is 1220. The zero-order valence-corrected chi connectivity index (χ0v) is 18.4. The Labute approximate surface area is 188 Å². The van der Waals surface area contributed by atoms with Crippen LogP contribution < -0.4 is 10.2 Å². The Balaban J connectivity index is 1.61. The number of aryl methyl sites for hydroxylation is 2. The topological polar surface area (TPSA) is 33.1 Å². The van der Waals surface area contributed by atoms with Crippen LogP contribution in [0.1, 0.15) is 34.5 Å². The normalized spacial score (nSPS) is 18.3. The molecule has 1 saturated heterocycles. The van der Waals surface area contributed by atoms with Crippen LogP contribution in [0.25, 0.3) is 5.69 Å². The first-order valence-corrected chi connectivity index (χ1v) is 10.8. The quantitative estimate of drug-likeness (QED) is 0.428. The number of nitrogens with zero attached hydrogens (tertiary/aromatic N) is 3. The lowest BCUT2D eigenvalue weighted by molar-refractivity contribution is 0.568. The molecule has 154 valence electrons. The van der Waals surface area contributed by atoms with Crippen molar-refractivity contribution in [3.8, 4) is 5.69 Å². The van der Waals surface area contributed by atoms with Crippen molar-refractivity contribution in [3.05, 3.63) is 114 Å². The first kappa shape index (κ1) is 19.5. The summed E-state index contributed by atoms with van der Waals surface area (Å²) in [5.41, 5.74) is 6.92. The van der Waals surface area contributed by atoms with Gasteiger partial charge < -0.3 is 14.8 Å². The molecule has 0 bridgehead atoms. The van der Waals surface area contributed by atoms with Gasteiger partial charge in [-0.2, -0.15) is 0 Å². The third kappa shape index (κ3) is 3.62. The zero-order chi connectivity index (χ0) is 21.4. The molecule has 1 fully saturated rings. The fourth-order valence-corrected chi connectivity index (χ4v) is 4.54. The number of para-hydroxylation sites is 1. The molecular weight excluding hydrogens is 400 g/mol. The van der Waals surface area contributed by atoms with Gasteiger partial charge in [0.2, 0.25) is 0 Å². The van der Waals surface area contributed by atoms with Gasteiger partial charge in [0.05, 0.1) is 17.8 Å². The van der Waals surface area contributed by atoms with Gasteiger partial charge in [-0.15, -0.1) is 0 Å². The van der Waals surface area contributed by atoms with Crippen LogP contribution in [0.2, 0.25) is 0 Å². The third-order valence-corrected chi connectivity index (χ3v) is 6.29. The molecule has 2 aromatic carbocycles. The van der Waals surface area contributed by atoms with E-state index in [1.807, 2.05) is 24.4 Å².